The Labute approximate surface area is 106 Å². The van der Waals surface area contributed by atoms with Gasteiger partial charge in [0.25, 0.3) is 0 Å². The molecule has 1 aromatic heterocycles. The minimum atomic E-state index is -0.241. The number of imidazole rings is 1. The fourth-order valence-corrected chi connectivity index (χ4v) is 1.83. The zero-order chi connectivity index (χ0) is 13.0. The first kappa shape index (κ1) is 12.4. The Morgan fingerprint density at radius 2 is 2.06 bits per heavy atom. The molecule has 0 unspecified atom stereocenters. The fourth-order valence-electron chi connectivity index (χ4n) is 1.83. The van der Waals surface area contributed by atoms with E-state index in [4.69, 9.17) is 4.74 Å². The third-order valence-corrected chi connectivity index (χ3v) is 2.59. The number of aryl methyl sites for hydroxylation is 1. The molecule has 0 atom stereocenters. The van der Waals surface area contributed by atoms with E-state index < -0.39 is 0 Å². The highest BCUT2D eigenvalue weighted by Crippen LogP contribution is 2.17. The van der Waals surface area contributed by atoms with Crippen LogP contribution in [0, 0.1) is 0 Å². The van der Waals surface area contributed by atoms with E-state index >= 15 is 0 Å². The Morgan fingerprint density at radius 3 is 2.72 bits per heavy atom. The standard InChI is InChI=1S/C14H16N2O2/c1-3-18-13(17)9-12-10-16(2)14(15-12)11-7-5-4-6-8-11/h4-8,10H,3,9H2,1-2H3. The Balaban J connectivity index is 2.20. The number of rotatable bonds is 4. The first-order valence-corrected chi connectivity index (χ1v) is 5.94. The van der Waals surface area contributed by atoms with Crippen LogP contribution in [0.15, 0.2) is 36.5 Å². The number of esters is 1. The van der Waals surface area contributed by atoms with Gasteiger partial charge in [-0.2, -0.15) is 0 Å². The monoisotopic (exact) mass is 244 g/mol. The summed E-state index contributed by atoms with van der Waals surface area (Å²) in [6, 6.07) is 9.89. The molecular formula is C14H16N2O2. The van der Waals surface area contributed by atoms with E-state index in [1.54, 1.807) is 6.92 Å². The van der Waals surface area contributed by atoms with E-state index in [1.165, 1.54) is 0 Å². The summed E-state index contributed by atoms with van der Waals surface area (Å²) in [6.07, 6.45) is 2.08. The molecule has 4 nitrogen and oxygen atoms in total. The van der Waals surface area contributed by atoms with Gasteiger partial charge in [0.1, 0.15) is 5.82 Å². The van der Waals surface area contributed by atoms with Gasteiger partial charge in [0.15, 0.2) is 0 Å². The van der Waals surface area contributed by atoms with Crippen molar-refractivity contribution >= 4 is 5.97 Å². The summed E-state index contributed by atoms with van der Waals surface area (Å²) >= 11 is 0. The molecule has 0 fully saturated rings. The summed E-state index contributed by atoms with van der Waals surface area (Å²) in [5.41, 5.74) is 1.77. The maximum atomic E-state index is 11.4. The molecule has 0 aliphatic heterocycles. The Morgan fingerprint density at radius 1 is 1.33 bits per heavy atom. The third kappa shape index (κ3) is 2.77. The van der Waals surface area contributed by atoms with Gasteiger partial charge < -0.3 is 9.30 Å². The number of hydrogen-bond acceptors (Lipinski definition) is 3. The van der Waals surface area contributed by atoms with Crippen LogP contribution in [0.25, 0.3) is 11.4 Å². The van der Waals surface area contributed by atoms with Crippen molar-refractivity contribution in [3.05, 3.63) is 42.2 Å². The second-order valence-corrected chi connectivity index (χ2v) is 4.01. The van der Waals surface area contributed by atoms with E-state index in [0.29, 0.717) is 6.61 Å². The van der Waals surface area contributed by atoms with Crippen molar-refractivity contribution in [2.45, 2.75) is 13.3 Å². The van der Waals surface area contributed by atoms with Crippen LogP contribution in [0.1, 0.15) is 12.6 Å². The van der Waals surface area contributed by atoms with Gasteiger partial charge in [-0.15, -0.1) is 0 Å². The molecule has 0 saturated carbocycles. The van der Waals surface area contributed by atoms with Crippen molar-refractivity contribution in [3.8, 4) is 11.4 Å². The summed E-state index contributed by atoms with van der Waals surface area (Å²) < 4.78 is 6.83. The normalized spacial score (nSPS) is 10.3. The van der Waals surface area contributed by atoms with E-state index in [2.05, 4.69) is 4.98 Å². The summed E-state index contributed by atoms with van der Waals surface area (Å²) in [4.78, 5) is 15.9. The lowest BCUT2D eigenvalue weighted by Crippen LogP contribution is -2.07. The van der Waals surface area contributed by atoms with Gasteiger partial charge in [0, 0.05) is 18.8 Å². The third-order valence-electron chi connectivity index (χ3n) is 2.59. The van der Waals surface area contributed by atoms with E-state index in [1.807, 2.05) is 48.1 Å². The van der Waals surface area contributed by atoms with Crippen molar-refractivity contribution in [1.82, 2.24) is 9.55 Å². The SMILES string of the molecule is CCOC(=O)Cc1cn(C)c(-c2ccccc2)n1. The number of hydrogen-bond donors (Lipinski definition) is 0. The topological polar surface area (TPSA) is 44.1 Å². The van der Waals surface area contributed by atoms with Crippen molar-refractivity contribution in [3.63, 3.8) is 0 Å². The molecule has 0 radical (unpaired) electrons. The van der Waals surface area contributed by atoms with Crippen LogP contribution in [0.5, 0.6) is 0 Å². The first-order chi connectivity index (χ1) is 8.70. The van der Waals surface area contributed by atoms with Crippen LogP contribution >= 0.6 is 0 Å². The molecule has 2 aromatic rings. The first-order valence-electron chi connectivity index (χ1n) is 5.94. The molecule has 0 aliphatic rings. The van der Waals surface area contributed by atoms with Crippen molar-refractivity contribution in [2.75, 3.05) is 6.61 Å². The maximum absolute atomic E-state index is 11.4. The lowest BCUT2D eigenvalue weighted by molar-refractivity contribution is -0.142. The minimum Gasteiger partial charge on any atom is -0.466 e. The lowest BCUT2D eigenvalue weighted by atomic mass is 10.2. The predicted octanol–water partition coefficient (Wildman–Crippen LogP) is 2.19. The van der Waals surface area contributed by atoms with Gasteiger partial charge in [0.2, 0.25) is 0 Å². The molecule has 4 heteroatoms. The van der Waals surface area contributed by atoms with Crippen molar-refractivity contribution < 1.29 is 9.53 Å². The zero-order valence-corrected chi connectivity index (χ0v) is 10.6. The molecule has 1 aromatic carbocycles. The molecule has 0 saturated heterocycles. The smallest absolute Gasteiger partial charge is 0.311 e. The Kier molecular flexibility index (Phi) is 3.77. The van der Waals surface area contributed by atoms with E-state index in [0.717, 1.165) is 17.1 Å². The minimum absolute atomic E-state index is 0.217. The lowest BCUT2D eigenvalue weighted by Gasteiger charge is -1.99. The highest BCUT2D eigenvalue weighted by atomic mass is 16.5. The van der Waals surface area contributed by atoms with Crippen LogP contribution in [0.4, 0.5) is 0 Å². The second kappa shape index (κ2) is 5.49. The van der Waals surface area contributed by atoms with E-state index in [9.17, 15) is 4.79 Å². The fraction of sp³-hybridized carbons (Fsp3) is 0.286. The van der Waals surface area contributed by atoms with Gasteiger partial charge in [-0.05, 0) is 6.92 Å². The Hall–Kier alpha value is -2.10. The summed E-state index contributed by atoms with van der Waals surface area (Å²) in [5, 5.41) is 0. The number of carbonyl (C=O) groups excluding carboxylic acids is 1. The highest BCUT2D eigenvalue weighted by molar-refractivity contribution is 5.72. The molecule has 1 heterocycles. The van der Waals surface area contributed by atoms with Gasteiger partial charge in [-0.25, -0.2) is 4.98 Å². The molecule has 2 rings (SSSR count). The Bertz CT molecular complexity index is 532. The molecule has 18 heavy (non-hydrogen) atoms. The van der Waals surface area contributed by atoms with Crippen LogP contribution < -0.4 is 0 Å². The number of nitrogens with zero attached hydrogens (tertiary/aromatic N) is 2. The van der Waals surface area contributed by atoms with Crippen LogP contribution in [-0.4, -0.2) is 22.1 Å². The molecule has 0 bridgehead atoms. The average Bonchev–Trinajstić information content (AvgIpc) is 2.71. The van der Waals surface area contributed by atoms with Crippen LogP contribution in [-0.2, 0) is 23.0 Å². The number of carbonyl (C=O) groups is 1. The number of benzene rings is 1. The van der Waals surface area contributed by atoms with E-state index in [-0.39, 0.29) is 12.4 Å². The summed E-state index contributed by atoms with van der Waals surface area (Å²) in [5.74, 6) is 0.616. The second-order valence-electron chi connectivity index (χ2n) is 4.01. The molecule has 0 aliphatic carbocycles. The van der Waals surface area contributed by atoms with Crippen molar-refractivity contribution in [1.29, 1.82) is 0 Å². The molecular weight excluding hydrogens is 228 g/mol. The van der Waals surface area contributed by atoms with Gasteiger partial charge in [-0.3, -0.25) is 4.79 Å². The van der Waals surface area contributed by atoms with Gasteiger partial charge in [-0.1, -0.05) is 30.3 Å². The molecule has 0 N–H and O–H groups in total. The number of aromatic nitrogens is 2. The molecule has 94 valence electrons. The predicted molar refractivity (Wildman–Crippen MR) is 69.0 cm³/mol. The largest absolute Gasteiger partial charge is 0.466 e. The highest BCUT2D eigenvalue weighted by Gasteiger charge is 2.11. The molecule has 0 spiro atoms. The molecule has 0 amide bonds. The maximum Gasteiger partial charge on any atom is 0.311 e. The summed E-state index contributed by atoms with van der Waals surface area (Å²) in [6.45, 7) is 2.20. The van der Waals surface area contributed by atoms with Crippen LogP contribution in [0.2, 0.25) is 0 Å². The summed E-state index contributed by atoms with van der Waals surface area (Å²) in [7, 11) is 1.92. The van der Waals surface area contributed by atoms with Crippen molar-refractivity contribution in [2.24, 2.45) is 7.05 Å². The van der Waals surface area contributed by atoms with Gasteiger partial charge in [0.05, 0.1) is 18.7 Å². The quantitative estimate of drug-likeness (QED) is 0.774. The van der Waals surface area contributed by atoms with Gasteiger partial charge >= 0.3 is 5.97 Å². The zero-order valence-electron chi connectivity index (χ0n) is 10.6. The number of ether oxygens (including phenoxy) is 1. The van der Waals surface area contributed by atoms with Crippen LogP contribution in [0.3, 0.4) is 0 Å². The average molecular weight is 244 g/mol.